The predicted molar refractivity (Wildman–Crippen MR) is 186 cm³/mol. The monoisotopic (exact) mass is 674 g/mol. The Kier molecular flexibility index (Phi) is 11.5. The van der Waals surface area contributed by atoms with Gasteiger partial charge in [0.25, 0.3) is 5.56 Å². The molecule has 0 bridgehead atoms. The molecule has 0 unspecified atom stereocenters. The van der Waals surface area contributed by atoms with Crippen molar-refractivity contribution in [1.82, 2.24) is 29.5 Å². The van der Waals surface area contributed by atoms with Crippen molar-refractivity contribution < 1.29 is 23.7 Å². The Hall–Kier alpha value is -4.82. The molecular formula is C35H46N8O6. The van der Waals surface area contributed by atoms with Crippen LogP contribution >= 0.6 is 0 Å². The van der Waals surface area contributed by atoms with E-state index in [0.29, 0.717) is 31.9 Å². The fraction of sp³-hybridized carbons (Fsp3) is 0.486. The van der Waals surface area contributed by atoms with Crippen molar-refractivity contribution in [2.75, 3.05) is 97.8 Å². The third kappa shape index (κ3) is 8.81. The zero-order valence-corrected chi connectivity index (χ0v) is 28.4. The molecule has 0 aliphatic carbocycles. The summed E-state index contributed by atoms with van der Waals surface area (Å²) in [6.07, 6.45) is 0.936. The number of hydrazone groups is 1. The summed E-state index contributed by atoms with van der Waals surface area (Å²) in [7, 11) is 3.28. The molecule has 14 nitrogen and oxygen atoms in total. The van der Waals surface area contributed by atoms with Crippen LogP contribution in [0.25, 0.3) is 0 Å². The second-order valence-electron chi connectivity index (χ2n) is 12.1. The Labute approximate surface area is 287 Å². The average Bonchev–Trinajstić information content (AvgIpc) is 3.14. The number of carbonyl (C=O) groups is 1. The van der Waals surface area contributed by atoms with Crippen LogP contribution in [0.4, 0.5) is 5.82 Å². The van der Waals surface area contributed by atoms with Gasteiger partial charge in [0.2, 0.25) is 5.91 Å². The highest BCUT2D eigenvalue weighted by atomic mass is 16.5. The first kappa shape index (κ1) is 34.1. The van der Waals surface area contributed by atoms with Gasteiger partial charge in [-0.2, -0.15) is 10.2 Å². The molecule has 1 aromatic heterocycles. The van der Waals surface area contributed by atoms with Crippen molar-refractivity contribution >= 4 is 17.6 Å². The Balaban J connectivity index is 0.975. The van der Waals surface area contributed by atoms with Crippen molar-refractivity contribution in [1.29, 1.82) is 0 Å². The van der Waals surface area contributed by atoms with Crippen LogP contribution in [-0.4, -0.2) is 134 Å². The van der Waals surface area contributed by atoms with E-state index in [2.05, 4.69) is 24.7 Å². The summed E-state index contributed by atoms with van der Waals surface area (Å²) in [6, 6.07) is 18.6. The molecule has 0 saturated carbocycles. The lowest BCUT2D eigenvalue weighted by Crippen LogP contribution is -2.51. The van der Waals surface area contributed by atoms with Gasteiger partial charge in [0, 0.05) is 84.4 Å². The largest absolute Gasteiger partial charge is 0.493 e. The maximum absolute atomic E-state index is 12.9. The van der Waals surface area contributed by atoms with Gasteiger partial charge < -0.3 is 28.7 Å². The molecule has 2 aromatic carbocycles. The maximum atomic E-state index is 12.9. The van der Waals surface area contributed by atoms with Gasteiger partial charge in [-0.05, 0) is 30.3 Å². The normalized spacial score (nSPS) is 17.6. The van der Waals surface area contributed by atoms with Crippen molar-refractivity contribution in [3.05, 3.63) is 71.0 Å². The highest BCUT2D eigenvalue weighted by Gasteiger charge is 2.27. The molecule has 6 rings (SSSR count). The van der Waals surface area contributed by atoms with Crippen molar-refractivity contribution in [3.8, 4) is 23.0 Å². The highest BCUT2D eigenvalue weighted by Crippen LogP contribution is 2.26. The van der Waals surface area contributed by atoms with Gasteiger partial charge in [0.15, 0.2) is 23.0 Å². The number of anilines is 1. The molecule has 0 radical (unpaired) electrons. The lowest BCUT2D eigenvalue weighted by molar-refractivity contribution is -0.134. The van der Waals surface area contributed by atoms with Crippen LogP contribution in [0, 0.1) is 0 Å². The van der Waals surface area contributed by atoms with Crippen LogP contribution in [-0.2, 0) is 11.5 Å². The standard InChI is InChI=1S/C35H46N8O6/c1-46-28-7-3-5-9-30(28)48-25-23-38-15-19-40(20-16-38)32-11-13-34(44)42(36-32)27-43-35(45)14-12-33(37-43)41-21-17-39(18-22-41)24-26-49-31-10-6-4-8-29(31)47-2/h3-11,13H,12,14-27H2,1-2H3. The number of nitrogens with zero attached hydrogens (tertiary/aromatic N) is 8. The number of amidine groups is 1. The second-order valence-corrected chi connectivity index (χ2v) is 12.1. The van der Waals surface area contributed by atoms with Crippen molar-refractivity contribution in [2.24, 2.45) is 5.10 Å². The molecule has 0 N–H and O–H groups in total. The van der Waals surface area contributed by atoms with Gasteiger partial charge in [-0.15, -0.1) is 0 Å². The molecule has 3 aliphatic heterocycles. The first-order chi connectivity index (χ1) is 24.0. The summed E-state index contributed by atoms with van der Waals surface area (Å²) in [5, 5.41) is 10.8. The number of ether oxygens (including phenoxy) is 4. The van der Waals surface area contributed by atoms with Gasteiger partial charge in [-0.25, -0.2) is 9.69 Å². The van der Waals surface area contributed by atoms with E-state index in [0.717, 1.165) is 94.3 Å². The molecule has 262 valence electrons. The third-order valence-corrected chi connectivity index (χ3v) is 9.11. The molecule has 3 aliphatic rings. The third-order valence-electron chi connectivity index (χ3n) is 9.11. The van der Waals surface area contributed by atoms with Crippen molar-refractivity contribution in [2.45, 2.75) is 19.5 Å². The summed E-state index contributed by atoms with van der Waals surface area (Å²) in [5.74, 6) is 4.41. The van der Waals surface area contributed by atoms with Crippen LogP contribution in [0.2, 0.25) is 0 Å². The van der Waals surface area contributed by atoms with Gasteiger partial charge in [-0.3, -0.25) is 19.4 Å². The summed E-state index contributed by atoms with van der Waals surface area (Å²) in [6.45, 7) is 9.29. The van der Waals surface area contributed by atoms with Gasteiger partial charge in [-0.1, -0.05) is 24.3 Å². The number of amides is 1. The number of methoxy groups -OCH3 is 2. The van der Waals surface area contributed by atoms with E-state index in [1.807, 2.05) is 48.5 Å². The maximum Gasteiger partial charge on any atom is 0.268 e. The van der Waals surface area contributed by atoms with Crippen LogP contribution in [0.15, 0.2) is 70.6 Å². The van der Waals surface area contributed by atoms with Crippen LogP contribution in [0.1, 0.15) is 12.8 Å². The number of aromatic nitrogens is 2. The number of carbonyl (C=O) groups excluding carboxylic acids is 1. The first-order valence-electron chi connectivity index (χ1n) is 16.9. The Morgan fingerprint density at radius 2 is 1.16 bits per heavy atom. The molecule has 2 saturated heterocycles. The van der Waals surface area contributed by atoms with Crippen LogP contribution < -0.4 is 29.4 Å². The molecule has 2 fully saturated rings. The summed E-state index contributed by atoms with van der Waals surface area (Å²) >= 11 is 0. The lowest BCUT2D eigenvalue weighted by Gasteiger charge is -2.38. The number of piperazine rings is 2. The Morgan fingerprint density at radius 1 is 0.633 bits per heavy atom. The first-order valence-corrected chi connectivity index (χ1v) is 16.9. The van der Waals surface area contributed by atoms with E-state index in [-0.39, 0.29) is 18.1 Å². The molecular weight excluding hydrogens is 628 g/mol. The minimum absolute atomic E-state index is 0.0183. The van der Waals surface area contributed by atoms with E-state index < -0.39 is 0 Å². The Bertz CT molecular complexity index is 1630. The van der Waals surface area contributed by atoms with Crippen LogP contribution in [0.5, 0.6) is 23.0 Å². The van der Waals surface area contributed by atoms with Gasteiger partial charge in [0.05, 0.1) is 14.2 Å². The average molecular weight is 675 g/mol. The number of hydrogen-bond donors (Lipinski definition) is 0. The number of para-hydroxylation sites is 4. The number of rotatable bonds is 13. The predicted octanol–water partition coefficient (Wildman–Crippen LogP) is 2.05. The Morgan fingerprint density at radius 3 is 1.71 bits per heavy atom. The van der Waals surface area contributed by atoms with Gasteiger partial charge in [0.1, 0.15) is 31.5 Å². The SMILES string of the molecule is COc1ccccc1OCCN1CCN(C2=NN(Cn3nc(N4CCN(CCOc5ccccc5OC)CC4)ccc3=O)C(=O)CC2)CC1. The molecule has 49 heavy (non-hydrogen) atoms. The molecule has 14 heteroatoms. The van der Waals surface area contributed by atoms with E-state index >= 15 is 0 Å². The molecule has 1 amide bonds. The highest BCUT2D eigenvalue weighted by molar-refractivity contribution is 5.91. The fourth-order valence-electron chi connectivity index (χ4n) is 6.24. The zero-order chi connectivity index (χ0) is 34.0. The zero-order valence-electron chi connectivity index (χ0n) is 28.4. The minimum atomic E-state index is -0.269. The summed E-state index contributed by atoms with van der Waals surface area (Å²) in [5.41, 5.74) is -0.269. The summed E-state index contributed by atoms with van der Waals surface area (Å²) in [4.78, 5) is 34.9. The number of benzene rings is 2. The second kappa shape index (κ2) is 16.5. The minimum Gasteiger partial charge on any atom is -0.493 e. The van der Waals surface area contributed by atoms with E-state index in [9.17, 15) is 9.59 Å². The van der Waals surface area contributed by atoms with Crippen molar-refractivity contribution in [3.63, 3.8) is 0 Å². The van der Waals surface area contributed by atoms with E-state index in [1.165, 1.54) is 15.8 Å². The molecule has 4 heterocycles. The molecule has 0 atom stereocenters. The smallest absolute Gasteiger partial charge is 0.268 e. The summed E-state index contributed by atoms with van der Waals surface area (Å²) < 4.78 is 24.0. The van der Waals surface area contributed by atoms with E-state index in [1.54, 1.807) is 20.3 Å². The topological polar surface area (TPSA) is 117 Å². The van der Waals surface area contributed by atoms with Crippen LogP contribution in [0.3, 0.4) is 0 Å². The fourth-order valence-corrected chi connectivity index (χ4v) is 6.24. The molecule has 3 aromatic rings. The number of hydrogen-bond acceptors (Lipinski definition) is 12. The van der Waals surface area contributed by atoms with Gasteiger partial charge >= 0.3 is 0 Å². The lowest BCUT2D eigenvalue weighted by atomic mass is 10.2. The quantitative estimate of drug-likeness (QED) is 0.265. The molecule has 0 spiro atoms. The van der Waals surface area contributed by atoms with E-state index in [4.69, 9.17) is 24.0 Å².